The van der Waals surface area contributed by atoms with Crippen LogP contribution in [0.1, 0.15) is 103 Å². The lowest BCUT2D eigenvalue weighted by atomic mass is 9.73. The summed E-state index contributed by atoms with van der Waals surface area (Å²) in [4.78, 5) is 10.1. The zero-order valence-corrected chi connectivity index (χ0v) is 16.0. The smallest absolute Gasteiger partial charge is 0.323 e. The van der Waals surface area contributed by atoms with Crippen LogP contribution in [-0.2, 0) is 29.6 Å². The summed E-state index contributed by atoms with van der Waals surface area (Å²) in [6.45, 7) is 0.628. The van der Waals surface area contributed by atoms with Crippen molar-refractivity contribution in [2.24, 2.45) is 10.8 Å². The molecule has 2 saturated heterocycles. The predicted octanol–water partition coefficient (Wildman–Crippen LogP) is 5.67. The number of hydrogen-bond donors (Lipinski definition) is 0. The summed E-state index contributed by atoms with van der Waals surface area (Å²) in [5.74, 6) is -1.26. The molecule has 4 aliphatic rings. The Labute approximate surface area is 156 Å². The van der Waals surface area contributed by atoms with E-state index in [1.807, 2.05) is 0 Å². The molecule has 0 bridgehead atoms. The zero-order valence-electron chi connectivity index (χ0n) is 16.0. The van der Waals surface area contributed by atoms with E-state index in [0.717, 1.165) is 11.8 Å². The standard InChI is InChI=1S/C20H34O6/c1-3-7-11-19(15-16-20(21-17-19)22-24-26-25-23-20)12-8-4-2-6-10-18(9-5-1)13-14-18/h1-17H2. The summed E-state index contributed by atoms with van der Waals surface area (Å²) in [5.41, 5.74) is 1.00. The lowest BCUT2D eigenvalue weighted by Crippen LogP contribution is -2.50. The molecule has 6 nitrogen and oxygen atoms in total. The first kappa shape index (κ1) is 19.1. The van der Waals surface area contributed by atoms with Gasteiger partial charge >= 0.3 is 5.97 Å². The van der Waals surface area contributed by atoms with E-state index < -0.39 is 5.97 Å². The Hall–Kier alpha value is -0.240. The maximum Gasteiger partial charge on any atom is 0.346 e. The Balaban J connectivity index is 1.29. The van der Waals surface area contributed by atoms with Gasteiger partial charge in [0.2, 0.25) is 0 Å². The Morgan fingerprint density at radius 3 is 1.38 bits per heavy atom. The van der Waals surface area contributed by atoms with E-state index in [1.165, 1.54) is 89.9 Å². The maximum absolute atomic E-state index is 5.93. The summed E-state index contributed by atoms with van der Waals surface area (Å²) < 4.78 is 5.93. The molecular formula is C20H34O6. The molecule has 2 aliphatic carbocycles. The number of rotatable bonds is 0. The fraction of sp³-hybridized carbons (Fsp3) is 1.00. The highest BCUT2D eigenvalue weighted by molar-refractivity contribution is 4.92. The molecule has 26 heavy (non-hydrogen) atoms. The van der Waals surface area contributed by atoms with Crippen LogP contribution >= 0.6 is 0 Å². The van der Waals surface area contributed by atoms with E-state index in [1.54, 1.807) is 0 Å². The third kappa shape index (κ3) is 4.78. The fourth-order valence-corrected chi connectivity index (χ4v) is 5.14. The van der Waals surface area contributed by atoms with Gasteiger partial charge in [-0.25, -0.2) is 0 Å². The Bertz CT molecular complexity index is 414. The fourth-order valence-electron chi connectivity index (χ4n) is 5.14. The topological polar surface area (TPSA) is 55.4 Å². The van der Waals surface area contributed by atoms with Crippen molar-refractivity contribution in [3.8, 4) is 0 Å². The largest absolute Gasteiger partial charge is 0.346 e. The van der Waals surface area contributed by atoms with Gasteiger partial charge in [0.05, 0.1) is 6.61 Å². The van der Waals surface area contributed by atoms with Crippen LogP contribution in [0.5, 0.6) is 0 Å². The first-order chi connectivity index (χ1) is 12.7. The Kier molecular flexibility index (Phi) is 6.18. The SMILES string of the molecule is C1CCCC2(CCCCCCC3(CC1)CC3)CCC1(OC2)OOOOO1. The third-order valence-electron chi connectivity index (χ3n) is 7.22. The van der Waals surface area contributed by atoms with Gasteiger partial charge in [-0.15, -0.1) is 9.78 Å². The molecule has 0 aromatic rings. The average molecular weight is 370 g/mol. The summed E-state index contributed by atoms with van der Waals surface area (Å²) >= 11 is 0. The van der Waals surface area contributed by atoms with Crippen LogP contribution in [0.4, 0.5) is 0 Å². The van der Waals surface area contributed by atoms with Crippen molar-refractivity contribution >= 4 is 0 Å². The van der Waals surface area contributed by atoms with Crippen LogP contribution in [-0.4, -0.2) is 12.6 Å². The van der Waals surface area contributed by atoms with E-state index in [0.29, 0.717) is 13.0 Å². The van der Waals surface area contributed by atoms with Crippen LogP contribution in [0.2, 0.25) is 0 Å². The van der Waals surface area contributed by atoms with E-state index in [9.17, 15) is 0 Å². The molecule has 0 unspecified atom stereocenters. The molecular weight excluding hydrogens is 336 g/mol. The Morgan fingerprint density at radius 1 is 0.423 bits per heavy atom. The summed E-state index contributed by atoms with van der Waals surface area (Å²) in [5, 5.41) is 13.0. The van der Waals surface area contributed by atoms with Gasteiger partial charge in [-0.1, -0.05) is 51.4 Å². The quantitative estimate of drug-likeness (QED) is 0.512. The molecule has 0 amide bonds. The molecule has 2 heterocycles. The average Bonchev–Trinajstić information content (AvgIpc) is 3.44. The van der Waals surface area contributed by atoms with E-state index in [2.05, 4.69) is 15.1 Å². The molecule has 4 fully saturated rings. The first-order valence-corrected chi connectivity index (χ1v) is 10.7. The van der Waals surface area contributed by atoms with E-state index >= 15 is 0 Å². The molecule has 2 saturated carbocycles. The van der Waals surface area contributed by atoms with Gasteiger partial charge in [0, 0.05) is 6.42 Å². The van der Waals surface area contributed by atoms with Crippen molar-refractivity contribution in [2.75, 3.05) is 6.61 Å². The lowest BCUT2D eigenvalue weighted by molar-refractivity contribution is -0.831. The van der Waals surface area contributed by atoms with E-state index in [4.69, 9.17) is 14.5 Å². The molecule has 0 atom stereocenters. The van der Waals surface area contributed by atoms with Crippen LogP contribution < -0.4 is 0 Å². The van der Waals surface area contributed by atoms with Crippen molar-refractivity contribution in [2.45, 2.75) is 109 Å². The van der Waals surface area contributed by atoms with Gasteiger partial charge in [-0.05, 0) is 70.9 Å². The molecule has 150 valence electrons. The second-order valence-electron chi connectivity index (χ2n) is 9.17. The van der Waals surface area contributed by atoms with Gasteiger partial charge < -0.3 is 4.74 Å². The molecule has 2 aliphatic heterocycles. The van der Waals surface area contributed by atoms with Crippen molar-refractivity contribution in [1.29, 1.82) is 0 Å². The normalized spacial score (nSPS) is 32.3. The predicted molar refractivity (Wildman–Crippen MR) is 92.8 cm³/mol. The Morgan fingerprint density at radius 2 is 0.923 bits per heavy atom. The van der Waals surface area contributed by atoms with Gasteiger partial charge in [0.15, 0.2) is 0 Å². The third-order valence-corrected chi connectivity index (χ3v) is 7.22. The number of hydrogen-bond acceptors (Lipinski definition) is 6. The van der Waals surface area contributed by atoms with Crippen LogP contribution in [0, 0.1) is 10.8 Å². The second-order valence-corrected chi connectivity index (χ2v) is 9.17. The molecule has 0 radical (unpaired) electrons. The molecule has 3 spiro atoms. The molecule has 0 aromatic carbocycles. The van der Waals surface area contributed by atoms with Crippen molar-refractivity contribution in [3.05, 3.63) is 0 Å². The number of ether oxygens (including phenoxy) is 1. The van der Waals surface area contributed by atoms with Crippen molar-refractivity contribution < 1.29 is 29.6 Å². The maximum atomic E-state index is 5.93. The highest BCUT2D eigenvalue weighted by Gasteiger charge is 2.49. The minimum absolute atomic E-state index is 0.234. The van der Waals surface area contributed by atoms with Crippen molar-refractivity contribution in [3.63, 3.8) is 0 Å². The highest BCUT2D eigenvalue weighted by atomic mass is 17.8. The summed E-state index contributed by atoms with van der Waals surface area (Å²) in [6.07, 6.45) is 20.9. The zero-order chi connectivity index (χ0) is 17.8. The second kappa shape index (κ2) is 8.41. The minimum Gasteiger partial charge on any atom is -0.323 e. The summed E-state index contributed by atoms with van der Waals surface area (Å²) in [6, 6.07) is 0. The van der Waals surface area contributed by atoms with Crippen LogP contribution in [0.15, 0.2) is 0 Å². The van der Waals surface area contributed by atoms with Gasteiger partial charge in [0.25, 0.3) is 0 Å². The van der Waals surface area contributed by atoms with Gasteiger partial charge in [-0.2, -0.15) is 0 Å². The minimum atomic E-state index is -1.26. The monoisotopic (exact) mass is 370 g/mol. The van der Waals surface area contributed by atoms with Crippen molar-refractivity contribution in [1.82, 2.24) is 0 Å². The van der Waals surface area contributed by atoms with Crippen LogP contribution in [0.3, 0.4) is 0 Å². The van der Waals surface area contributed by atoms with E-state index in [-0.39, 0.29) is 5.41 Å². The molecule has 0 N–H and O–H groups in total. The molecule has 4 rings (SSSR count). The molecule has 0 aromatic heterocycles. The lowest BCUT2D eigenvalue weighted by Gasteiger charge is -2.44. The van der Waals surface area contributed by atoms with Crippen LogP contribution in [0.25, 0.3) is 0 Å². The highest BCUT2D eigenvalue weighted by Crippen LogP contribution is 2.54. The molecule has 6 heteroatoms. The van der Waals surface area contributed by atoms with Gasteiger partial charge in [-0.3, -0.25) is 0 Å². The van der Waals surface area contributed by atoms with Gasteiger partial charge in [0.1, 0.15) is 0 Å². The first-order valence-electron chi connectivity index (χ1n) is 10.7. The summed E-state index contributed by atoms with van der Waals surface area (Å²) in [7, 11) is 0.